The fourth-order valence-electron chi connectivity index (χ4n) is 2.91. The summed E-state index contributed by atoms with van der Waals surface area (Å²) in [6, 6.07) is 20.5. The van der Waals surface area contributed by atoms with Gasteiger partial charge in [0.05, 0.1) is 17.7 Å². The summed E-state index contributed by atoms with van der Waals surface area (Å²) in [4.78, 5) is 34.5. The molecule has 9 heteroatoms. The number of carbonyl (C=O) groups excluding carboxylic acids is 3. The third-order valence-corrected chi connectivity index (χ3v) is 5.16. The van der Waals surface area contributed by atoms with Crippen LogP contribution < -0.4 is 20.1 Å². The van der Waals surface area contributed by atoms with Crippen molar-refractivity contribution in [3.63, 3.8) is 0 Å². The highest BCUT2D eigenvalue weighted by atomic mass is 35.5. The van der Waals surface area contributed by atoms with E-state index >= 15 is 0 Å². The average molecular weight is 510 g/mol. The minimum absolute atomic E-state index is 0.00559. The van der Waals surface area contributed by atoms with Gasteiger partial charge in [0.2, 0.25) is 5.91 Å². The molecule has 3 aromatic carbocycles. The molecule has 0 heterocycles. The minimum atomic E-state index is -0.559. The van der Waals surface area contributed by atoms with Gasteiger partial charge in [0.15, 0.2) is 11.5 Å². The zero-order chi connectivity index (χ0) is 26.3. The van der Waals surface area contributed by atoms with Crippen molar-refractivity contribution in [2.24, 2.45) is 0 Å². The molecule has 188 valence electrons. The number of amides is 2. The molecule has 3 rings (SSSR count). The summed E-state index contributed by atoms with van der Waals surface area (Å²) in [5.41, 5.74) is 1.58. The Balaban J connectivity index is 0.000000261. The first-order chi connectivity index (χ1) is 17.4. The predicted octanol–water partition coefficient (Wildman–Crippen LogP) is 4.51. The molecule has 36 heavy (non-hydrogen) atoms. The standard InChI is InChI=1S/C15H12ClNO3.C12H16N2O2/c1-19-14-8-10(9-17)6-7-13(14)20-15(18)11-4-2-3-5-12(11)16;1-13-11(15)8-5-9-14-12(16)10-6-3-2-4-7-10/h2-9,17H,1H3;2-4,6-7H,5,8-9H2,1H3,(H,13,15)(H,14,16). The molecule has 0 fully saturated rings. The number of ether oxygens (including phenoxy) is 2. The summed E-state index contributed by atoms with van der Waals surface area (Å²) in [6.45, 7) is 0.515. The number of rotatable bonds is 9. The van der Waals surface area contributed by atoms with Crippen molar-refractivity contribution in [2.45, 2.75) is 12.8 Å². The lowest BCUT2D eigenvalue weighted by atomic mass is 10.2. The van der Waals surface area contributed by atoms with Crippen LogP contribution in [-0.2, 0) is 4.79 Å². The van der Waals surface area contributed by atoms with E-state index in [4.69, 9.17) is 26.5 Å². The average Bonchev–Trinajstić information content (AvgIpc) is 2.92. The Morgan fingerprint density at radius 1 is 0.972 bits per heavy atom. The highest BCUT2D eigenvalue weighted by Crippen LogP contribution is 2.29. The lowest BCUT2D eigenvalue weighted by molar-refractivity contribution is -0.120. The molecule has 0 aliphatic rings. The molecule has 0 radical (unpaired) electrons. The molecule has 0 saturated carbocycles. The first-order valence-corrected chi connectivity index (χ1v) is 11.5. The molecule has 0 aliphatic carbocycles. The minimum Gasteiger partial charge on any atom is -0.493 e. The number of halogens is 1. The van der Waals surface area contributed by atoms with E-state index in [2.05, 4.69) is 10.6 Å². The number of methoxy groups -OCH3 is 1. The third kappa shape index (κ3) is 8.88. The predicted molar refractivity (Wildman–Crippen MR) is 139 cm³/mol. The molecule has 0 atom stereocenters. The van der Waals surface area contributed by atoms with E-state index in [1.54, 1.807) is 61.6 Å². The van der Waals surface area contributed by atoms with E-state index in [1.165, 1.54) is 13.3 Å². The van der Waals surface area contributed by atoms with Crippen LogP contribution in [0.2, 0.25) is 5.02 Å². The van der Waals surface area contributed by atoms with Gasteiger partial charge in [-0.2, -0.15) is 0 Å². The fourth-order valence-corrected chi connectivity index (χ4v) is 3.12. The smallest absolute Gasteiger partial charge is 0.345 e. The van der Waals surface area contributed by atoms with E-state index in [0.29, 0.717) is 41.3 Å². The number of benzene rings is 3. The molecule has 0 aromatic heterocycles. The molecular weight excluding hydrogens is 482 g/mol. The molecule has 2 amide bonds. The maximum atomic E-state index is 12.1. The first-order valence-electron chi connectivity index (χ1n) is 11.1. The molecule has 3 aromatic rings. The molecule has 0 unspecified atom stereocenters. The lowest BCUT2D eigenvalue weighted by Crippen LogP contribution is -2.26. The summed E-state index contributed by atoms with van der Waals surface area (Å²) in [5, 5.41) is 12.8. The van der Waals surface area contributed by atoms with Gasteiger partial charge in [-0.05, 0) is 54.4 Å². The Kier molecular flexibility index (Phi) is 11.7. The molecule has 0 aliphatic heterocycles. The van der Waals surface area contributed by atoms with Crippen molar-refractivity contribution >= 4 is 35.6 Å². The van der Waals surface area contributed by atoms with Gasteiger partial charge in [-0.1, -0.05) is 41.9 Å². The Morgan fingerprint density at radius 3 is 2.31 bits per heavy atom. The van der Waals surface area contributed by atoms with Gasteiger partial charge < -0.3 is 25.5 Å². The second-order valence-corrected chi connectivity index (χ2v) is 7.73. The number of esters is 1. The van der Waals surface area contributed by atoms with Gasteiger partial charge in [0, 0.05) is 31.8 Å². The van der Waals surface area contributed by atoms with Crippen LogP contribution in [0.1, 0.15) is 39.1 Å². The van der Waals surface area contributed by atoms with Crippen LogP contribution in [-0.4, -0.2) is 44.7 Å². The molecular formula is C27H28ClN3O5. The van der Waals surface area contributed by atoms with Crippen LogP contribution in [0.5, 0.6) is 11.5 Å². The Bertz CT molecular complexity index is 1190. The Labute approximate surface area is 215 Å². The quantitative estimate of drug-likeness (QED) is 0.170. The van der Waals surface area contributed by atoms with Gasteiger partial charge in [0.25, 0.3) is 5.91 Å². The van der Waals surface area contributed by atoms with Crippen LogP contribution >= 0.6 is 11.6 Å². The highest BCUT2D eigenvalue weighted by molar-refractivity contribution is 6.33. The van der Waals surface area contributed by atoms with Crippen LogP contribution in [0.15, 0.2) is 72.8 Å². The second kappa shape index (κ2) is 15.0. The van der Waals surface area contributed by atoms with Crippen LogP contribution in [0.4, 0.5) is 0 Å². The van der Waals surface area contributed by atoms with Gasteiger partial charge in [-0.25, -0.2) is 4.79 Å². The summed E-state index contributed by atoms with van der Waals surface area (Å²) in [5.74, 6) is -0.00241. The maximum Gasteiger partial charge on any atom is 0.345 e. The molecule has 8 nitrogen and oxygen atoms in total. The molecule has 0 spiro atoms. The Hall–Kier alpha value is -4.17. The van der Waals surface area contributed by atoms with E-state index < -0.39 is 5.97 Å². The summed E-state index contributed by atoms with van der Waals surface area (Å²) in [6.07, 6.45) is 2.27. The first kappa shape index (κ1) is 28.1. The Morgan fingerprint density at radius 2 is 1.67 bits per heavy atom. The second-order valence-electron chi connectivity index (χ2n) is 7.32. The van der Waals surface area contributed by atoms with Crippen molar-refractivity contribution in [2.75, 3.05) is 20.7 Å². The number of hydrogen-bond donors (Lipinski definition) is 3. The van der Waals surface area contributed by atoms with Crippen molar-refractivity contribution in [3.8, 4) is 11.5 Å². The number of carbonyl (C=O) groups is 3. The zero-order valence-corrected chi connectivity index (χ0v) is 20.8. The maximum absolute atomic E-state index is 12.1. The third-order valence-electron chi connectivity index (χ3n) is 4.83. The van der Waals surface area contributed by atoms with E-state index in [1.807, 2.05) is 18.2 Å². The molecule has 0 saturated heterocycles. The van der Waals surface area contributed by atoms with Crippen molar-refractivity contribution in [1.82, 2.24) is 10.6 Å². The van der Waals surface area contributed by atoms with Gasteiger partial charge in [-0.3, -0.25) is 9.59 Å². The van der Waals surface area contributed by atoms with Crippen LogP contribution in [0.25, 0.3) is 0 Å². The van der Waals surface area contributed by atoms with E-state index in [9.17, 15) is 14.4 Å². The number of nitrogens with one attached hydrogen (secondary N) is 3. The van der Waals surface area contributed by atoms with Crippen LogP contribution in [0.3, 0.4) is 0 Å². The lowest BCUT2D eigenvalue weighted by Gasteiger charge is -2.10. The topological polar surface area (TPSA) is 118 Å². The molecule has 3 N–H and O–H groups in total. The molecule has 0 bridgehead atoms. The summed E-state index contributed by atoms with van der Waals surface area (Å²) in [7, 11) is 3.07. The zero-order valence-electron chi connectivity index (χ0n) is 20.0. The van der Waals surface area contributed by atoms with Crippen molar-refractivity contribution in [3.05, 3.63) is 94.5 Å². The summed E-state index contributed by atoms with van der Waals surface area (Å²) < 4.78 is 10.4. The van der Waals surface area contributed by atoms with Crippen molar-refractivity contribution in [1.29, 1.82) is 5.41 Å². The SMILES string of the molecule is CNC(=O)CCCNC(=O)c1ccccc1.COc1cc(C=N)ccc1OC(=O)c1ccccc1Cl. The van der Waals surface area contributed by atoms with Gasteiger partial charge in [-0.15, -0.1) is 0 Å². The largest absolute Gasteiger partial charge is 0.493 e. The monoisotopic (exact) mass is 509 g/mol. The highest BCUT2D eigenvalue weighted by Gasteiger charge is 2.15. The van der Waals surface area contributed by atoms with E-state index in [-0.39, 0.29) is 23.1 Å². The van der Waals surface area contributed by atoms with Crippen LogP contribution in [0, 0.1) is 5.41 Å². The van der Waals surface area contributed by atoms with Crippen molar-refractivity contribution < 1.29 is 23.9 Å². The summed E-state index contributed by atoms with van der Waals surface area (Å²) >= 11 is 5.94. The number of hydrogen-bond acceptors (Lipinski definition) is 6. The normalized spacial score (nSPS) is 9.75. The van der Waals surface area contributed by atoms with E-state index in [0.717, 1.165) is 0 Å². The van der Waals surface area contributed by atoms with Gasteiger partial charge >= 0.3 is 5.97 Å². The van der Waals surface area contributed by atoms with Gasteiger partial charge in [0.1, 0.15) is 0 Å². The fraction of sp³-hybridized carbons (Fsp3) is 0.185.